The highest BCUT2D eigenvalue weighted by Gasteiger charge is 2.11. The molecule has 3 N–H and O–H groups in total. The summed E-state index contributed by atoms with van der Waals surface area (Å²) in [5, 5.41) is 23.8. The van der Waals surface area contributed by atoms with Gasteiger partial charge in [-0.25, -0.2) is 0 Å². The van der Waals surface area contributed by atoms with Gasteiger partial charge in [0.25, 0.3) is 0 Å². The van der Waals surface area contributed by atoms with Gasteiger partial charge in [-0.1, -0.05) is 20.8 Å². The van der Waals surface area contributed by atoms with Gasteiger partial charge in [0.2, 0.25) is 0 Å². The van der Waals surface area contributed by atoms with Gasteiger partial charge >= 0.3 is 0 Å². The molecule has 0 bridgehead atoms. The Kier molecular flexibility index (Phi) is 9.77. The van der Waals surface area contributed by atoms with E-state index in [0.717, 1.165) is 6.42 Å². The molecule has 0 saturated carbocycles. The van der Waals surface area contributed by atoms with E-state index < -0.39 is 0 Å². The molecule has 0 radical (unpaired) electrons. The second kappa shape index (κ2) is 7.98. The standard InChI is InChI=1S/C6H14O.C2H6O2/c1-4-6(2,3)5-7;3-1-2-4/h7H,4-5H2,1-3H3;3-4H,1-2H2. The highest BCUT2D eigenvalue weighted by molar-refractivity contribution is 4.62. The smallest absolute Gasteiger partial charge is 0.0662 e. The molecule has 11 heavy (non-hydrogen) atoms. The molecule has 0 atom stereocenters. The van der Waals surface area contributed by atoms with Crippen molar-refractivity contribution in [2.45, 2.75) is 27.2 Å². The molecule has 0 unspecified atom stereocenters. The quantitative estimate of drug-likeness (QED) is 0.565. The molecule has 0 fully saturated rings. The summed E-state index contributed by atoms with van der Waals surface area (Å²) in [5.41, 5.74) is 0.139. The molecule has 70 valence electrons. The van der Waals surface area contributed by atoms with Crippen LogP contribution in [0.3, 0.4) is 0 Å². The van der Waals surface area contributed by atoms with Crippen molar-refractivity contribution in [1.29, 1.82) is 0 Å². The van der Waals surface area contributed by atoms with E-state index in [9.17, 15) is 0 Å². The van der Waals surface area contributed by atoms with Gasteiger partial charge in [-0.05, 0) is 11.8 Å². The minimum atomic E-state index is -0.125. The first-order chi connectivity index (χ1) is 5.04. The average molecular weight is 164 g/mol. The molecule has 0 amide bonds. The van der Waals surface area contributed by atoms with Crippen LogP contribution < -0.4 is 0 Å². The van der Waals surface area contributed by atoms with Gasteiger partial charge in [0.1, 0.15) is 0 Å². The van der Waals surface area contributed by atoms with E-state index in [1.807, 2.05) is 13.8 Å². The van der Waals surface area contributed by atoms with Crippen LogP contribution in [0, 0.1) is 5.41 Å². The average Bonchev–Trinajstić information content (AvgIpc) is 2.05. The molecular formula is C8H20O3. The van der Waals surface area contributed by atoms with Gasteiger partial charge in [0.15, 0.2) is 0 Å². The molecule has 0 rings (SSSR count). The van der Waals surface area contributed by atoms with Crippen LogP contribution in [0.5, 0.6) is 0 Å². The number of hydrogen-bond donors (Lipinski definition) is 3. The SMILES string of the molecule is CCC(C)(C)CO.OCCO. The second-order valence-electron chi connectivity index (χ2n) is 3.12. The van der Waals surface area contributed by atoms with E-state index in [-0.39, 0.29) is 18.6 Å². The third kappa shape index (κ3) is 13.0. The van der Waals surface area contributed by atoms with Crippen LogP contribution in [0.4, 0.5) is 0 Å². The highest BCUT2D eigenvalue weighted by Crippen LogP contribution is 2.16. The lowest BCUT2D eigenvalue weighted by Crippen LogP contribution is -2.14. The van der Waals surface area contributed by atoms with Crippen LogP contribution in [-0.2, 0) is 0 Å². The van der Waals surface area contributed by atoms with E-state index in [4.69, 9.17) is 15.3 Å². The normalized spacial score (nSPS) is 10.4. The van der Waals surface area contributed by atoms with Crippen LogP contribution in [0.1, 0.15) is 27.2 Å². The number of aliphatic hydroxyl groups is 3. The zero-order valence-corrected chi connectivity index (χ0v) is 7.67. The summed E-state index contributed by atoms with van der Waals surface area (Å²) in [4.78, 5) is 0. The third-order valence-electron chi connectivity index (χ3n) is 1.49. The first-order valence-corrected chi connectivity index (χ1v) is 3.86. The number of aliphatic hydroxyl groups excluding tert-OH is 3. The Morgan fingerprint density at radius 2 is 1.36 bits per heavy atom. The largest absolute Gasteiger partial charge is 0.396 e. The molecular weight excluding hydrogens is 144 g/mol. The predicted molar refractivity (Wildman–Crippen MR) is 45.3 cm³/mol. The van der Waals surface area contributed by atoms with Crippen LogP contribution in [0.25, 0.3) is 0 Å². The Morgan fingerprint density at radius 1 is 1.00 bits per heavy atom. The summed E-state index contributed by atoms with van der Waals surface area (Å²) in [6.07, 6.45) is 1.05. The van der Waals surface area contributed by atoms with E-state index >= 15 is 0 Å². The van der Waals surface area contributed by atoms with Gasteiger partial charge in [0, 0.05) is 6.61 Å². The first-order valence-electron chi connectivity index (χ1n) is 3.86. The van der Waals surface area contributed by atoms with E-state index in [0.29, 0.717) is 6.61 Å². The summed E-state index contributed by atoms with van der Waals surface area (Å²) >= 11 is 0. The molecule has 3 nitrogen and oxygen atoms in total. The minimum Gasteiger partial charge on any atom is -0.396 e. The number of rotatable bonds is 3. The monoisotopic (exact) mass is 164 g/mol. The molecule has 3 heteroatoms. The molecule has 0 aliphatic rings. The van der Waals surface area contributed by atoms with Crippen molar-refractivity contribution in [2.75, 3.05) is 19.8 Å². The molecule has 0 heterocycles. The molecule has 0 spiro atoms. The van der Waals surface area contributed by atoms with Gasteiger partial charge < -0.3 is 15.3 Å². The Morgan fingerprint density at radius 3 is 1.36 bits per heavy atom. The van der Waals surface area contributed by atoms with Crippen LogP contribution in [0.2, 0.25) is 0 Å². The maximum atomic E-state index is 8.59. The van der Waals surface area contributed by atoms with Gasteiger partial charge in [-0.2, -0.15) is 0 Å². The molecule has 0 aliphatic carbocycles. The Bertz CT molecular complexity index is 63.7. The zero-order valence-electron chi connectivity index (χ0n) is 7.67. The Hall–Kier alpha value is -0.120. The lowest BCUT2D eigenvalue weighted by Gasteiger charge is -2.17. The Labute approximate surface area is 68.7 Å². The fourth-order valence-electron chi connectivity index (χ4n) is 0.112. The summed E-state index contributed by atoms with van der Waals surface area (Å²) in [7, 11) is 0. The summed E-state index contributed by atoms with van der Waals surface area (Å²) < 4.78 is 0. The molecule has 0 aromatic carbocycles. The summed E-state index contributed by atoms with van der Waals surface area (Å²) in [6.45, 7) is 6.22. The second-order valence-corrected chi connectivity index (χ2v) is 3.12. The topological polar surface area (TPSA) is 60.7 Å². The highest BCUT2D eigenvalue weighted by atomic mass is 16.3. The molecule has 0 aromatic rings. The van der Waals surface area contributed by atoms with Gasteiger partial charge in [-0.3, -0.25) is 0 Å². The lowest BCUT2D eigenvalue weighted by molar-refractivity contribution is 0.155. The molecule has 0 aliphatic heterocycles. The summed E-state index contributed by atoms with van der Waals surface area (Å²) in [6, 6.07) is 0. The van der Waals surface area contributed by atoms with Gasteiger partial charge in [0.05, 0.1) is 13.2 Å². The summed E-state index contributed by atoms with van der Waals surface area (Å²) in [5.74, 6) is 0. The van der Waals surface area contributed by atoms with Crippen LogP contribution in [-0.4, -0.2) is 35.1 Å². The zero-order chi connectivity index (χ0) is 9.33. The van der Waals surface area contributed by atoms with E-state index in [2.05, 4.69) is 6.92 Å². The maximum absolute atomic E-state index is 8.59. The lowest BCUT2D eigenvalue weighted by atomic mass is 9.92. The Balaban J connectivity index is 0. The van der Waals surface area contributed by atoms with Crippen LogP contribution in [0.15, 0.2) is 0 Å². The minimum absolute atomic E-state index is 0.125. The van der Waals surface area contributed by atoms with Crippen LogP contribution >= 0.6 is 0 Å². The van der Waals surface area contributed by atoms with E-state index in [1.54, 1.807) is 0 Å². The van der Waals surface area contributed by atoms with Crippen molar-refractivity contribution in [3.63, 3.8) is 0 Å². The van der Waals surface area contributed by atoms with Gasteiger partial charge in [-0.15, -0.1) is 0 Å². The predicted octanol–water partition coefficient (Wildman–Crippen LogP) is 0.386. The van der Waals surface area contributed by atoms with Crippen molar-refractivity contribution in [1.82, 2.24) is 0 Å². The van der Waals surface area contributed by atoms with E-state index in [1.165, 1.54) is 0 Å². The van der Waals surface area contributed by atoms with Crippen molar-refractivity contribution in [3.05, 3.63) is 0 Å². The third-order valence-corrected chi connectivity index (χ3v) is 1.49. The maximum Gasteiger partial charge on any atom is 0.0662 e. The first kappa shape index (κ1) is 13.5. The molecule has 0 aromatic heterocycles. The fourth-order valence-corrected chi connectivity index (χ4v) is 0.112. The van der Waals surface area contributed by atoms with Crippen molar-refractivity contribution >= 4 is 0 Å². The fraction of sp³-hybridized carbons (Fsp3) is 1.00. The van der Waals surface area contributed by atoms with Crippen molar-refractivity contribution in [3.8, 4) is 0 Å². The van der Waals surface area contributed by atoms with Crippen molar-refractivity contribution < 1.29 is 15.3 Å². The molecule has 0 saturated heterocycles. The number of hydrogen-bond acceptors (Lipinski definition) is 3. The van der Waals surface area contributed by atoms with Crippen molar-refractivity contribution in [2.24, 2.45) is 5.41 Å².